The van der Waals surface area contributed by atoms with Crippen molar-refractivity contribution in [1.29, 1.82) is 0 Å². The summed E-state index contributed by atoms with van der Waals surface area (Å²) in [5.74, 6) is 5.53. The van der Waals surface area contributed by atoms with Gasteiger partial charge in [0.15, 0.2) is 0 Å². The SMILES string of the molecule is CC1(C)CCCC(C)(C)C(=N\N)/C1=C/N. The van der Waals surface area contributed by atoms with Crippen LogP contribution in [0.15, 0.2) is 16.9 Å². The van der Waals surface area contributed by atoms with Crippen molar-refractivity contribution in [3.63, 3.8) is 0 Å². The van der Waals surface area contributed by atoms with E-state index in [-0.39, 0.29) is 10.8 Å². The highest BCUT2D eigenvalue weighted by Crippen LogP contribution is 2.43. The van der Waals surface area contributed by atoms with Gasteiger partial charge in [-0.2, -0.15) is 5.10 Å². The van der Waals surface area contributed by atoms with E-state index in [1.165, 1.54) is 6.42 Å². The molecule has 0 saturated heterocycles. The highest BCUT2D eigenvalue weighted by atomic mass is 15.1. The predicted molar refractivity (Wildman–Crippen MR) is 65.3 cm³/mol. The molecule has 3 nitrogen and oxygen atoms in total. The Hall–Kier alpha value is -0.990. The summed E-state index contributed by atoms with van der Waals surface area (Å²) in [6.45, 7) is 8.78. The Balaban J connectivity index is 3.24. The Bertz CT molecular complexity index is 268. The first kappa shape index (κ1) is 12.1. The van der Waals surface area contributed by atoms with Gasteiger partial charge in [0.05, 0.1) is 5.71 Å². The van der Waals surface area contributed by atoms with Gasteiger partial charge in [0, 0.05) is 5.41 Å². The molecule has 1 aliphatic rings. The van der Waals surface area contributed by atoms with Crippen molar-refractivity contribution in [3.05, 3.63) is 11.8 Å². The fourth-order valence-corrected chi connectivity index (χ4v) is 2.46. The van der Waals surface area contributed by atoms with E-state index in [0.29, 0.717) is 0 Å². The lowest BCUT2D eigenvalue weighted by molar-refractivity contribution is 0.391. The van der Waals surface area contributed by atoms with Crippen molar-refractivity contribution in [3.8, 4) is 0 Å². The van der Waals surface area contributed by atoms with E-state index in [4.69, 9.17) is 11.6 Å². The molecule has 0 amide bonds. The van der Waals surface area contributed by atoms with Gasteiger partial charge >= 0.3 is 0 Å². The molecule has 0 aliphatic heterocycles. The summed E-state index contributed by atoms with van der Waals surface area (Å²) < 4.78 is 0. The van der Waals surface area contributed by atoms with Crippen LogP contribution in [0.3, 0.4) is 0 Å². The second kappa shape index (κ2) is 3.87. The van der Waals surface area contributed by atoms with Crippen LogP contribution in [0.4, 0.5) is 0 Å². The van der Waals surface area contributed by atoms with Gasteiger partial charge in [0.25, 0.3) is 0 Å². The summed E-state index contributed by atoms with van der Waals surface area (Å²) in [7, 11) is 0. The maximum Gasteiger partial charge on any atom is 0.0708 e. The Morgan fingerprint density at radius 2 is 1.67 bits per heavy atom. The zero-order valence-corrected chi connectivity index (χ0v) is 10.3. The molecule has 1 rings (SSSR count). The van der Waals surface area contributed by atoms with Gasteiger partial charge in [-0.15, -0.1) is 0 Å². The summed E-state index contributed by atoms with van der Waals surface area (Å²) in [4.78, 5) is 0. The molecular formula is C12H23N3. The molecule has 0 aromatic heterocycles. The van der Waals surface area contributed by atoms with E-state index in [9.17, 15) is 0 Å². The van der Waals surface area contributed by atoms with E-state index < -0.39 is 0 Å². The van der Waals surface area contributed by atoms with Crippen molar-refractivity contribution in [1.82, 2.24) is 0 Å². The zero-order chi connectivity index (χ0) is 11.7. The summed E-state index contributed by atoms with van der Waals surface area (Å²) in [5, 5.41) is 3.98. The summed E-state index contributed by atoms with van der Waals surface area (Å²) in [6, 6.07) is 0. The monoisotopic (exact) mass is 209 g/mol. The molecule has 3 heteroatoms. The third-order valence-electron chi connectivity index (χ3n) is 3.52. The molecule has 86 valence electrons. The summed E-state index contributed by atoms with van der Waals surface area (Å²) in [5.41, 5.74) is 7.93. The van der Waals surface area contributed by atoms with E-state index in [1.807, 2.05) is 0 Å². The van der Waals surface area contributed by atoms with Gasteiger partial charge in [0.2, 0.25) is 0 Å². The molecule has 0 heterocycles. The minimum Gasteiger partial charge on any atom is -0.404 e. The molecule has 1 aliphatic carbocycles. The molecule has 15 heavy (non-hydrogen) atoms. The number of hydrazone groups is 1. The fraction of sp³-hybridized carbons (Fsp3) is 0.750. The van der Waals surface area contributed by atoms with Crippen LogP contribution in [-0.4, -0.2) is 5.71 Å². The highest BCUT2D eigenvalue weighted by molar-refractivity contribution is 6.04. The zero-order valence-electron chi connectivity index (χ0n) is 10.3. The quantitative estimate of drug-likeness (QED) is 0.365. The molecule has 0 radical (unpaired) electrons. The molecule has 4 N–H and O–H groups in total. The average molecular weight is 209 g/mol. The first-order valence-corrected chi connectivity index (χ1v) is 5.56. The lowest BCUT2D eigenvalue weighted by Gasteiger charge is -2.30. The van der Waals surface area contributed by atoms with Gasteiger partial charge in [-0.05, 0) is 30.0 Å². The molecule has 0 bridgehead atoms. The van der Waals surface area contributed by atoms with Gasteiger partial charge in [0.1, 0.15) is 0 Å². The molecule has 0 aromatic rings. The number of rotatable bonds is 0. The summed E-state index contributed by atoms with van der Waals surface area (Å²) >= 11 is 0. The lowest BCUT2D eigenvalue weighted by atomic mass is 9.75. The first-order valence-electron chi connectivity index (χ1n) is 5.56. The Labute approximate surface area is 92.6 Å². The predicted octanol–water partition coefficient (Wildman–Crippen LogP) is 2.38. The molecular weight excluding hydrogens is 186 g/mol. The van der Waals surface area contributed by atoms with E-state index >= 15 is 0 Å². The van der Waals surface area contributed by atoms with E-state index in [0.717, 1.165) is 24.1 Å². The van der Waals surface area contributed by atoms with Crippen LogP contribution >= 0.6 is 0 Å². The number of hydrogen-bond donors (Lipinski definition) is 2. The van der Waals surface area contributed by atoms with Crippen LogP contribution in [0.25, 0.3) is 0 Å². The van der Waals surface area contributed by atoms with Crippen molar-refractivity contribution < 1.29 is 0 Å². The van der Waals surface area contributed by atoms with Gasteiger partial charge in [-0.1, -0.05) is 34.1 Å². The van der Waals surface area contributed by atoms with Crippen molar-refractivity contribution in [2.45, 2.75) is 47.0 Å². The highest BCUT2D eigenvalue weighted by Gasteiger charge is 2.38. The standard InChI is InChI=1S/C12H23N3/c1-11(2)6-5-7-12(3,4)10(15-14)9(11)8-13/h8H,5-7,13-14H2,1-4H3/b9-8-,15-10-. The minimum atomic E-state index is 0.0354. The van der Waals surface area contributed by atoms with Crippen LogP contribution in [0.5, 0.6) is 0 Å². The molecule has 0 atom stereocenters. The Kier molecular flexibility index (Phi) is 3.12. The molecule has 0 unspecified atom stereocenters. The lowest BCUT2D eigenvalue weighted by Crippen LogP contribution is -2.30. The number of hydrogen-bond acceptors (Lipinski definition) is 3. The number of nitrogens with two attached hydrogens (primary N) is 2. The maximum atomic E-state index is 5.74. The Morgan fingerprint density at radius 1 is 1.13 bits per heavy atom. The molecule has 1 fully saturated rings. The van der Waals surface area contributed by atoms with Gasteiger partial charge in [-0.3, -0.25) is 0 Å². The van der Waals surface area contributed by atoms with Crippen LogP contribution in [0, 0.1) is 10.8 Å². The summed E-state index contributed by atoms with van der Waals surface area (Å²) in [6.07, 6.45) is 5.12. The van der Waals surface area contributed by atoms with E-state index in [2.05, 4.69) is 32.8 Å². The van der Waals surface area contributed by atoms with Crippen molar-refractivity contribution >= 4 is 5.71 Å². The number of nitrogens with zero attached hydrogens (tertiary/aromatic N) is 1. The molecule has 1 saturated carbocycles. The van der Waals surface area contributed by atoms with Gasteiger partial charge in [-0.25, -0.2) is 0 Å². The van der Waals surface area contributed by atoms with E-state index in [1.54, 1.807) is 6.20 Å². The fourth-order valence-electron chi connectivity index (χ4n) is 2.46. The number of allylic oxidation sites excluding steroid dienone is 1. The minimum absolute atomic E-state index is 0.0354. The second-order valence-corrected chi connectivity index (χ2v) is 5.68. The topological polar surface area (TPSA) is 64.4 Å². The maximum absolute atomic E-state index is 5.74. The average Bonchev–Trinajstić information content (AvgIpc) is 2.19. The van der Waals surface area contributed by atoms with Crippen LogP contribution < -0.4 is 11.6 Å². The van der Waals surface area contributed by atoms with Gasteiger partial charge < -0.3 is 11.6 Å². The van der Waals surface area contributed by atoms with Crippen LogP contribution in [0.2, 0.25) is 0 Å². The largest absolute Gasteiger partial charge is 0.404 e. The Morgan fingerprint density at radius 3 is 2.13 bits per heavy atom. The smallest absolute Gasteiger partial charge is 0.0708 e. The van der Waals surface area contributed by atoms with Crippen molar-refractivity contribution in [2.24, 2.45) is 27.5 Å². The third-order valence-corrected chi connectivity index (χ3v) is 3.52. The van der Waals surface area contributed by atoms with Crippen LogP contribution in [-0.2, 0) is 0 Å². The molecule has 0 spiro atoms. The normalized spacial score (nSPS) is 30.4. The molecule has 0 aromatic carbocycles. The third kappa shape index (κ3) is 2.16. The van der Waals surface area contributed by atoms with Crippen LogP contribution in [0.1, 0.15) is 47.0 Å². The second-order valence-electron chi connectivity index (χ2n) is 5.68. The van der Waals surface area contributed by atoms with Crippen molar-refractivity contribution in [2.75, 3.05) is 0 Å². The first-order chi connectivity index (χ1) is 6.85.